The number of carbonyl (C=O) groups excluding carboxylic acids is 4. The van der Waals surface area contributed by atoms with Gasteiger partial charge in [0.15, 0.2) is 0 Å². The molecule has 0 unspecified atom stereocenters. The van der Waals surface area contributed by atoms with Gasteiger partial charge in [0.25, 0.3) is 5.91 Å². The van der Waals surface area contributed by atoms with Crippen molar-refractivity contribution in [2.45, 2.75) is 65.3 Å². The highest BCUT2D eigenvalue weighted by Gasteiger charge is 2.44. The summed E-state index contributed by atoms with van der Waals surface area (Å²) < 4.78 is 34.3. The number of aromatic nitrogens is 1. The van der Waals surface area contributed by atoms with Crippen LogP contribution in [0.2, 0.25) is 0 Å². The number of thiazole rings is 1. The average Bonchev–Trinajstić information content (AvgIpc) is 4.20. The van der Waals surface area contributed by atoms with E-state index in [1.165, 1.54) is 28.5 Å². The van der Waals surface area contributed by atoms with Crippen molar-refractivity contribution in [1.29, 1.82) is 0 Å². The lowest BCUT2D eigenvalue weighted by Crippen LogP contribution is -2.58. The van der Waals surface area contributed by atoms with E-state index >= 15 is 0 Å². The van der Waals surface area contributed by atoms with Crippen molar-refractivity contribution in [1.82, 2.24) is 25.9 Å². The highest BCUT2D eigenvalue weighted by atomic mass is 32.1. The number of ether oxygens (including phenoxy) is 6. The summed E-state index contributed by atoms with van der Waals surface area (Å²) in [7, 11) is 0. The molecule has 6 aromatic rings. The van der Waals surface area contributed by atoms with Crippen LogP contribution in [-0.4, -0.2) is 152 Å². The van der Waals surface area contributed by atoms with Gasteiger partial charge in [-0.3, -0.25) is 19.2 Å². The molecule has 0 aliphatic carbocycles. The number of hydrazone groups is 1. The zero-order valence-electron chi connectivity index (χ0n) is 44.4. The first-order valence-electron chi connectivity index (χ1n) is 25.6. The van der Waals surface area contributed by atoms with E-state index in [9.17, 15) is 34.5 Å². The predicted octanol–water partition coefficient (Wildman–Crippen LogP) is 7.01. The molecule has 4 aromatic carbocycles. The van der Waals surface area contributed by atoms with Crippen LogP contribution in [0, 0.1) is 12.3 Å². The van der Waals surface area contributed by atoms with Gasteiger partial charge in [0.1, 0.15) is 42.5 Å². The van der Waals surface area contributed by atoms with Gasteiger partial charge in [0, 0.05) is 27.9 Å². The largest absolute Gasteiger partial charge is 0.508 e. The van der Waals surface area contributed by atoms with Crippen LogP contribution < -0.4 is 20.8 Å². The summed E-state index contributed by atoms with van der Waals surface area (Å²) in [5, 5.41) is 41.0. The number of aliphatic hydroxyl groups excluding tert-OH is 1. The molecule has 3 heterocycles. The van der Waals surface area contributed by atoms with Crippen LogP contribution >= 0.6 is 22.7 Å². The minimum atomic E-state index is -0.982. The molecule has 78 heavy (non-hydrogen) atoms. The minimum Gasteiger partial charge on any atom is -0.508 e. The van der Waals surface area contributed by atoms with E-state index in [4.69, 9.17) is 28.4 Å². The Bertz CT molecular complexity index is 2940. The Kier molecular flexibility index (Phi) is 21.7. The second kappa shape index (κ2) is 28.7. The molecule has 4 atom stereocenters. The number of hydrogen-bond acceptors (Lipinski definition) is 17. The summed E-state index contributed by atoms with van der Waals surface area (Å²) in [6.07, 6.45) is 0.723. The molecule has 21 heteroatoms. The van der Waals surface area contributed by atoms with E-state index in [1.54, 1.807) is 59.9 Å². The standard InChI is InChI=1S/C57H68N6O13S2/c1-36(39-8-10-40(11-9-39)51-37(2)58-35-77-51)60-54(68)47-30-44(66)33-63(47)56(70)53(57(3,4)5)61-49(67)34-75-27-26-73-23-22-71-20-21-72-24-25-74-28-29-76-45-17-6-38(7-18-45)32-59-62-55(69)50-46-19-16-43(65)31-48(46)78-52(50)41-12-14-42(64)15-13-41/h6-19,31-32,35-36,44,47,53,64-66H,20-30,33-34H2,1-5H3,(H,60,68)(H,61,67)(H,62,69)/b59-32+/t36-,44+,47-,53+/m0/s1. The quantitative estimate of drug-likeness (QED) is 0.0164. The molecule has 0 bridgehead atoms. The maximum atomic E-state index is 14.0. The van der Waals surface area contributed by atoms with Crippen LogP contribution in [0.25, 0.3) is 31.0 Å². The van der Waals surface area contributed by atoms with Gasteiger partial charge in [-0.05, 0) is 108 Å². The molecule has 7 rings (SSSR count). The number of likely N-dealkylation sites (tertiary alicyclic amines) is 1. The topological polar surface area (TPSA) is 249 Å². The van der Waals surface area contributed by atoms with E-state index in [-0.39, 0.29) is 56.2 Å². The van der Waals surface area contributed by atoms with Crippen molar-refractivity contribution < 1.29 is 62.9 Å². The van der Waals surface area contributed by atoms with Gasteiger partial charge in [-0.15, -0.1) is 22.7 Å². The van der Waals surface area contributed by atoms with Gasteiger partial charge >= 0.3 is 0 Å². The normalized spacial score (nSPS) is 15.4. The summed E-state index contributed by atoms with van der Waals surface area (Å²) in [5.41, 5.74) is 8.51. The number of aryl methyl sites for hydroxylation is 1. The Morgan fingerprint density at radius 1 is 0.769 bits per heavy atom. The molecular weight excluding hydrogens is 1040 g/mol. The first-order chi connectivity index (χ1) is 37.5. The number of rotatable bonds is 28. The van der Waals surface area contributed by atoms with E-state index in [2.05, 4.69) is 26.1 Å². The maximum absolute atomic E-state index is 14.0. The molecule has 2 aromatic heterocycles. The van der Waals surface area contributed by atoms with Crippen LogP contribution in [0.5, 0.6) is 17.2 Å². The third kappa shape index (κ3) is 16.8. The molecule has 0 radical (unpaired) electrons. The summed E-state index contributed by atoms with van der Waals surface area (Å²) in [5.74, 6) is -0.887. The van der Waals surface area contributed by atoms with Crippen LogP contribution in [0.15, 0.2) is 102 Å². The highest BCUT2D eigenvalue weighted by molar-refractivity contribution is 7.22. The molecule has 4 amide bonds. The number of β-amino-alcohol motifs (C(OH)–C–C–N with tert-alkyl or cyclic N) is 1. The lowest BCUT2D eigenvalue weighted by Gasteiger charge is -2.35. The fourth-order valence-electron chi connectivity index (χ4n) is 8.48. The zero-order chi connectivity index (χ0) is 55.6. The lowest BCUT2D eigenvalue weighted by molar-refractivity contribution is -0.144. The van der Waals surface area contributed by atoms with Gasteiger partial charge in [-0.2, -0.15) is 5.10 Å². The fourth-order valence-corrected chi connectivity index (χ4v) is 10.5. The second-order valence-electron chi connectivity index (χ2n) is 19.5. The highest BCUT2D eigenvalue weighted by Crippen LogP contribution is 2.40. The first-order valence-corrected chi connectivity index (χ1v) is 27.3. The van der Waals surface area contributed by atoms with Crippen LogP contribution in [-0.2, 0) is 38.1 Å². The van der Waals surface area contributed by atoms with Crippen molar-refractivity contribution in [2.24, 2.45) is 10.5 Å². The van der Waals surface area contributed by atoms with E-state index in [0.717, 1.165) is 37.5 Å². The van der Waals surface area contributed by atoms with Gasteiger partial charge in [-0.1, -0.05) is 45.0 Å². The number of fused-ring (bicyclic) bond motifs is 1. The molecule has 416 valence electrons. The third-order valence-electron chi connectivity index (χ3n) is 12.6. The van der Waals surface area contributed by atoms with Crippen LogP contribution in [0.3, 0.4) is 0 Å². The predicted molar refractivity (Wildman–Crippen MR) is 298 cm³/mol. The van der Waals surface area contributed by atoms with Crippen molar-refractivity contribution in [3.8, 4) is 38.1 Å². The van der Waals surface area contributed by atoms with Gasteiger partial charge in [-0.25, -0.2) is 10.4 Å². The number of phenolic OH excluding ortho intramolecular Hbond substituents is 2. The molecular formula is C57H68N6O13S2. The number of thiophene rings is 1. The Morgan fingerprint density at radius 3 is 1.97 bits per heavy atom. The SMILES string of the molecule is Cc1ncsc1-c1ccc([C@H](C)NC(=O)[C@@H]2C[C@@H](O)CN2C(=O)[C@@H](NC(=O)COCCOCCOCCOCCOCCOc2ccc(/C=N/NC(=O)c3c(-c4ccc(O)cc4)sc4cc(O)ccc34)cc2)C(C)(C)C)cc1. The van der Waals surface area contributed by atoms with Gasteiger partial charge in [0.2, 0.25) is 17.7 Å². The molecule has 1 fully saturated rings. The molecule has 19 nitrogen and oxygen atoms in total. The number of aliphatic hydroxyl groups is 1. The smallest absolute Gasteiger partial charge is 0.273 e. The van der Waals surface area contributed by atoms with E-state index < -0.39 is 41.3 Å². The molecule has 1 aliphatic heterocycles. The number of nitrogens with zero attached hydrogens (tertiary/aromatic N) is 3. The number of carbonyl (C=O) groups is 4. The van der Waals surface area contributed by atoms with E-state index in [1.807, 2.05) is 76.5 Å². The van der Waals surface area contributed by atoms with Crippen molar-refractivity contribution in [3.63, 3.8) is 0 Å². The number of phenols is 2. The average molecular weight is 1110 g/mol. The molecule has 1 aliphatic rings. The summed E-state index contributed by atoms with van der Waals surface area (Å²) in [6, 6.07) is 24.3. The first kappa shape index (κ1) is 58.9. The Hall–Kier alpha value is -6.82. The summed E-state index contributed by atoms with van der Waals surface area (Å²) in [6.45, 7) is 12.2. The van der Waals surface area contributed by atoms with Crippen molar-refractivity contribution in [3.05, 3.63) is 119 Å². The fraction of sp³-hybridized carbons (Fsp3) is 0.404. The zero-order valence-corrected chi connectivity index (χ0v) is 46.0. The minimum absolute atomic E-state index is 0.0308. The van der Waals surface area contributed by atoms with Gasteiger partial charge < -0.3 is 59.3 Å². The Labute approximate surface area is 461 Å². The third-order valence-corrected chi connectivity index (χ3v) is 14.7. The van der Waals surface area contributed by atoms with Crippen LogP contribution in [0.1, 0.15) is 67.3 Å². The van der Waals surface area contributed by atoms with Crippen LogP contribution in [0.4, 0.5) is 0 Å². The molecule has 1 saturated heterocycles. The second-order valence-corrected chi connectivity index (χ2v) is 21.4. The van der Waals surface area contributed by atoms with Crippen molar-refractivity contribution in [2.75, 3.05) is 79.2 Å². The van der Waals surface area contributed by atoms with Crippen molar-refractivity contribution >= 4 is 62.6 Å². The van der Waals surface area contributed by atoms with Gasteiger partial charge in [0.05, 0.1) is 99.5 Å². The number of nitrogens with one attached hydrogen (secondary N) is 3. The monoisotopic (exact) mass is 1110 g/mol. The number of amides is 4. The molecule has 6 N–H and O–H groups in total. The Morgan fingerprint density at radius 2 is 1.36 bits per heavy atom. The Balaban J connectivity index is 0.694. The molecule has 0 saturated carbocycles. The maximum Gasteiger partial charge on any atom is 0.273 e. The molecule has 0 spiro atoms. The number of aromatic hydroxyl groups is 2. The number of benzene rings is 4. The van der Waals surface area contributed by atoms with E-state index in [0.29, 0.717) is 74.4 Å². The number of hydrogen-bond donors (Lipinski definition) is 6. The lowest BCUT2D eigenvalue weighted by atomic mass is 9.85. The summed E-state index contributed by atoms with van der Waals surface area (Å²) in [4.78, 5) is 61.5. The summed E-state index contributed by atoms with van der Waals surface area (Å²) >= 11 is 2.93.